The van der Waals surface area contributed by atoms with Gasteiger partial charge in [0, 0.05) is 12.7 Å². The summed E-state index contributed by atoms with van der Waals surface area (Å²) in [5, 5.41) is 8.73. The number of carbonyl (C=O) groups is 1. The lowest BCUT2D eigenvalue weighted by atomic mass is 10.1. The number of hydrogen-bond donors (Lipinski definition) is 0. The highest BCUT2D eigenvalue weighted by atomic mass is 16.2. The van der Waals surface area contributed by atoms with Crippen molar-refractivity contribution in [1.29, 1.82) is 0 Å². The van der Waals surface area contributed by atoms with E-state index in [1.54, 1.807) is 6.20 Å². The Balaban J connectivity index is 1.54. The molecule has 6 heteroatoms. The predicted molar refractivity (Wildman–Crippen MR) is 85.5 cm³/mol. The molecule has 23 heavy (non-hydrogen) atoms. The van der Waals surface area contributed by atoms with E-state index in [9.17, 15) is 4.79 Å². The van der Waals surface area contributed by atoms with Gasteiger partial charge >= 0.3 is 0 Å². The molecule has 0 N–H and O–H groups in total. The normalized spacial score (nSPS) is 17.7. The van der Waals surface area contributed by atoms with Gasteiger partial charge in [0.05, 0.1) is 11.7 Å². The van der Waals surface area contributed by atoms with Crippen LogP contribution in [0.5, 0.6) is 0 Å². The zero-order valence-electron chi connectivity index (χ0n) is 12.7. The first kappa shape index (κ1) is 13.9. The Bertz CT molecular complexity index is 796. The molecule has 1 fully saturated rings. The first-order valence-corrected chi connectivity index (χ1v) is 7.81. The number of fused-ring (bicyclic) bond motifs is 1. The second kappa shape index (κ2) is 5.79. The molecule has 1 aliphatic heterocycles. The Kier molecular flexibility index (Phi) is 3.49. The zero-order valence-corrected chi connectivity index (χ0v) is 12.7. The van der Waals surface area contributed by atoms with Gasteiger partial charge in [0.25, 0.3) is 0 Å². The van der Waals surface area contributed by atoms with Crippen molar-refractivity contribution in [3.63, 3.8) is 0 Å². The van der Waals surface area contributed by atoms with Crippen LogP contribution in [-0.4, -0.2) is 37.3 Å². The van der Waals surface area contributed by atoms with Crippen molar-refractivity contribution in [3.8, 4) is 0 Å². The summed E-state index contributed by atoms with van der Waals surface area (Å²) in [6.07, 6.45) is 3.73. The van der Waals surface area contributed by atoms with Crippen molar-refractivity contribution >= 4 is 16.9 Å². The Morgan fingerprint density at radius 1 is 1.09 bits per heavy atom. The van der Waals surface area contributed by atoms with Gasteiger partial charge in [-0.05, 0) is 37.1 Å². The van der Waals surface area contributed by atoms with E-state index >= 15 is 0 Å². The molecule has 0 radical (unpaired) electrons. The maximum atomic E-state index is 12.7. The molecule has 0 bridgehead atoms. The largest absolute Gasteiger partial charge is 0.332 e. The summed E-state index contributed by atoms with van der Waals surface area (Å²) >= 11 is 0. The second-order valence-electron chi connectivity index (χ2n) is 5.72. The van der Waals surface area contributed by atoms with Crippen molar-refractivity contribution in [1.82, 2.24) is 24.9 Å². The number of benzene rings is 1. The van der Waals surface area contributed by atoms with E-state index in [0.717, 1.165) is 36.1 Å². The SMILES string of the molecule is O=C(Cn1nc2ccccc2n1)N1CCC[C@@H]1c1ccccn1. The molecule has 4 rings (SSSR count). The smallest absolute Gasteiger partial charge is 0.246 e. The van der Waals surface area contributed by atoms with E-state index < -0.39 is 0 Å². The molecule has 2 aromatic heterocycles. The molecule has 0 aliphatic carbocycles. The molecule has 3 aromatic rings. The van der Waals surface area contributed by atoms with E-state index in [1.807, 2.05) is 47.4 Å². The lowest BCUT2D eigenvalue weighted by Gasteiger charge is -2.24. The lowest BCUT2D eigenvalue weighted by Crippen LogP contribution is -2.34. The van der Waals surface area contributed by atoms with Gasteiger partial charge in [-0.2, -0.15) is 15.0 Å². The van der Waals surface area contributed by atoms with Crippen molar-refractivity contribution in [2.24, 2.45) is 0 Å². The summed E-state index contributed by atoms with van der Waals surface area (Å²) < 4.78 is 0. The molecule has 1 amide bonds. The lowest BCUT2D eigenvalue weighted by molar-refractivity contribution is -0.133. The minimum atomic E-state index is 0.0402. The molecule has 1 atom stereocenters. The fourth-order valence-corrected chi connectivity index (χ4v) is 3.13. The van der Waals surface area contributed by atoms with Gasteiger partial charge in [0.2, 0.25) is 5.91 Å². The van der Waals surface area contributed by atoms with Crippen molar-refractivity contribution in [3.05, 3.63) is 54.4 Å². The van der Waals surface area contributed by atoms with Crippen LogP contribution in [0.1, 0.15) is 24.6 Å². The molecule has 0 unspecified atom stereocenters. The van der Waals surface area contributed by atoms with Crippen LogP contribution in [-0.2, 0) is 11.3 Å². The second-order valence-corrected chi connectivity index (χ2v) is 5.72. The summed E-state index contributed by atoms with van der Waals surface area (Å²) in [5.41, 5.74) is 2.57. The van der Waals surface area contributed by atoms with Crippen LogP contribution in [0.25, 0.3) is 11.0 Å². The monoisotopic (exact) mass is 307 g/mol. The molecule has 1 aromatic carbocycles. The molecule has 1 aliphatic rings. The quantitative estimate of drug-likeness (QED) is 0.744. The van der Waals surface area contributed by atoms with Gasteiger partial charge in [-0.1, -0.05) is 18.2 Å². The van der Waals surface area contributed by atoms with Gasteiger partial charge < -0.3 is 4.90 Å². The number of amides is 1. The Labute approximate surface area is 133 Å². The van der Waals surface area contributed by atoms with Crippen LogP contribution in [0.15, 0.2) is 48.7 Å². The van der Waals surface area contributed by atoms with E-state index in [4.69, 9.17) is 0 Å². The van der Waals surface area contributed by atoms with Crippen LogP contribution in [0, 0.1) is 0 Å². The van der Waals surface area contributed by atoms with Crippen LogP contribution in [0.2, 0.25) is 0 Å². The van der Waals surface area contributed by atoms with Gasteiger partial charge in [-0.3, -0.25) is 9.78 Å². The number of nitrogens with zero attached hydrogens (tertiary/aromatic N) is 5. The number of rotatable bonds is 3. The third-order valence-corrected chi connectivity index (χ3v) is 4.21. The summed E-state index contributed by atoms with van der Waals surface area (Å²) in [4.78, 5) is 20.5. The van der Waals surface area contributed by atoms with Crippen LogP contribution < -0.4 is 0 Å². The highest BCUT2D eigenvalue weighted by Crippen LogP contribution is 2.30. The fourth-order valence-electron chi connectivity index (χ4n) is 3.13. The van der Waals surface area contributed by atoms with Crippen LogP contribution in [0.3, 0.4) is 0 Å². The van der Waals surface area contributed by atoms with E-state index in [0.29, 0.717) is 0 Å². The average molecular weight is 307 g/mol. The maximum Gasteiger partial charge on any atom is 0.246 e. The third kappa shape index (κ3) is 2.67. The number of aromatic nitrogens is 4. The van der Waals surface area contributed by atoms with Gasteiger partial charge in [0.15, 0.2) is 0 Å². The van der Waals surface area contributed by atoms with E-state index in [1.165, 1.54) is 4.80 Å². The van der Waals surface area contributed by atoms with E-state index in [-0.39, 0.29) is 18.5 Å². The standard InChI is InChI=1S/C17H17N5O/c23-17(12-22-19-13-6-1-2-7-14(13)20-22)21-11-5-9-16(21)15-8-3-4-10-18-15/h1-4,6-8,10,16H,5,9,11-12H2/t16-/m1/s1. The minimum absolute atomic E-state index is 0.0402. The van der Waals surface area contributed by atoms with Gasteiger partial charge in [0.1, 0.15) is 17.6 Å². The molecular formula is C17H17N5O. The highest BCUT2D eigenvalue weighted by molar-refractivity contribution is 5.77. The number of likely N-dealkylation sites (tertiary alicyclic amines) is 1. The molecule has 0 spiro atoms. The van der Waals surface area contributed by atoms with Crippen LogP contribution >= 0.6 is 0 Å². The van der Waals surface area contributed by atoms with Crippen molar-refractivity contribution in [2.45, 2.75) is 25.4 Å². The molecule has 1 saturated heterocycles. The molecular weight excluding hydrogens is 290 g/mol. The highest BCUT2D eigenvalue weighted by Gasteiger charge is 2.31. The summed E-state index contributed by atoms with van der Waals surface area (Å²) in [6.45, 7) is 0.929. The topological polar surface area (TPSA) is 63.9 Å². The summed E-state index contributed by atoms with van der Waals surface area (Å²) in [5.74, 6) is 0.0402. The zero-order chi connectivity index (χ0) is 15.6. The minimum Gasteiger partial charge on any atom is -0.332 e. The van der Waals surface area contributed by atoms with Crippen molar-refractivity contribution in [2.75, 3.05) is 6.54 Å². The molecule has 116 valence electrons. The Morgan fingerprint density at radius 3 is 2.52 bits per heavy atom. The predicted octanol–water partition coefficient (Wildman–Crippen LogP) is 2.19. The number of hydrogen-bond acceptors (Lipinski definition) is 4. The summed E-state index contributed by atoms with van der Waals surface area (Å²) in [7, 11) is 0. The first-order chi connectivity index (χ1) is 11.3. The van der Waals surface area contributed by atoms with Gasteiger partial charge in [-0.25, -0.2) is 0 Å². The van der Waals surface area contributed by atoms with Crippen LogP contribution in [0.4, 0.5) is 0 Å². The maximum absolute atomic E-state index is 12.7. The Morgan fingerprint density at radius 2 is 1.83 bits per heavy atom. The van der Waals surface area contributed by atoms with E-state index in [2.05, 4.69) is 15.2 Å². The molecule has 0 saturated carbocycles. The molecule has 6 nitrogen and oxygen atoms in total. The first-order valence-electron chi connectivity index (χ1n) is 7.81. The number of pyridine rings is 1. The average Bonchev–Trinajstić information content (AvgIpc) is 3.22. The Hall–Kier alpha value is -2.76. The van der Waals surface area contributed by atoms with Gasteiger partial charge in [-0.15, -0.1) is 0 Å². The van der Waals surface area contributed by atoms with Crippen molar-refractivity contribution < 1.29 is 4.79 Å². The number of carbonyl (C=O) groups excluding carboxylic acids is 1. The third-order valence-electron chi connectivity index (χ3n) is 4.21. The summed E-state index contributed by atoms with van der Waals surface area (Å²) in [6, 6.07) is 13.5. The fraction of sp³-hybridized carbons (Fsp3) is 0.294. The molecule has 3 heterocycles.